The summed E-state index contributed by atoms with van der Waals surface area (Å²) in [5, 5.41) is 4.33. The number of nitrogen functional groups attached to an aromatic ring is 1. The van der Waals surface area contributed by atoms with Crippen LogP contribution in [0.15, 0.2) is 22.8 Å². The van der Waals surface area contributed by atoms with Gasteiger partial charge in [0.15, 0.2) is 0 Å². The lowest BCUT2D eigenvalue weighted by atomic mass is 9.80. The first-order valence-electron chi connectivity index (χ1n) is 5.19. The number of pyridine rings is 1. The molecular formula is C11H12BrN3. The van der Waals surface area contributed by atoms with Gasteiger partial charge in [-0.05, 0) is 30.9 Å². The third-order valence-electron chi connectivity index (χ3n) is 3.18. The van der Waals surface area contributed by atoms with Crippen molar-refractivity contribution in [3.63, 3.8) is 0 Å². The molecule has 0 aromatic carbocycles. The van der Waals surface area contributed by atoms with Crippen molar-refractivity contribution < 1.29 is 0 Å². The highest BCUT2D eigenvalue weighted by Crippen LogP contribution is 2.41. The quantitative estimate of drug-likeness (QED) is 0.862. The molecule has 2 aromatic heterocycles. The summed E-state index contributed by atoms with van der Waals surface area (Å²) in [7, 11) is 0. The minimum absolute atomic E-state index is 0.622. The Morgan fingerprint density at radius 2 is 2.27 bits per heavy atom. The number of nitrogens with two attached hydrogens (primary N) is 1. The average Bonchev–Trinajstić information content (AvgIpc) is 2.42. The second kappa shape index (κ2) is 3.23. The highest BCUT2D eigenvalue weighted by Gasteiger charge is 2.25. The molecule has 3 nitrogen and oxygen atoms in total. The van der Waals surface area contributed by atoms with E-state index in [-0.39, 0.29) is 0 Å². The van der Waals surface area contributed by atoms with Crippen LogP contribution in [0.5, 0.6) is 0 Å². The molecule has 0 bridgehead atoms. The number of aromatic nitrogens is 2. The van der Waals surface area contributed by atoms with E-state index in [0.717, 1.165) is 9.99 Å². The molecule has 0 spiro atoms. The highest BCUT2D eigenvalue weighted by molar-refractivity contribution is 9.10. The average molecular weight is 266 g/mol. The van der Waals surface area contributed by atoms with E-state index < -0.39 is 0 Å². The topological polar surface area (TPSA) is 43.3 Å². The minimum atomic E-state index is 0.622. The maximum Gasteiger partial charge on any atom is 0.149 e. The summed E-state index contributed by atoms with van der Waals surface area (Å²) in [5.74, 6) is 1.31. The van der Waals surface area contributed by atoms with Crippen molar-refractivity contribution >= 4 is 27.3 Å². The predicted molar refractivity (Wildman–Crippen MR) is 63.9 cm³/mol. The van der Waals surface area contributed by atoms with Gasteiger partial charge in [0, 0.05) is 16.2 Å². The van der Waals surface area contributed by atoms with Crippen LogP contribution in [0.3, 0.4) is 0 Å². The van der Waals surface area contributed by atoms with Crippen LogP contribution in [0, 0.1) is 0 Å². The highest BCUT2D eigenvalue weighted by atomic mass is 79.9. The minimum Gasteiger partial charge on any atom is -0.382 e. The van der Waals surface area contributed by atoms with Crippen molar-refractivity contribution in [1.29, 1.82) is 0 Å². The van der Waals surface area contributed by atoms with Crippen LogP contribution in [0.25, 0.3) is 5.52 Å². The monoisotopic (exact) mass is 265 g/mol. The van der Waals surface area contributed by atoms with E-state index in [1.807, 2.05) is 16.8 Å². The van der Waals surface area contributed by atoms with Crippen LogP contribution < -0.4 is 5.73 Å². The smallest absolute Gasteiger partial charge is 0.149 e. The summed E-state index contributed by atoms with van der Waals surface area (Å²) in [4.78, 5) is 0. The van der Waals surface area contributed by atoms with Gasteiger partial charge < -0.3 is 5.73 Å². The van der Waals surface area contributed by atoms with Crippen molar-refractivity contribution in [2.45, 2.75) is 25.2 Å². The van der Waals surface area contributed by atoms with Gasteiger partial charge in [0.25, 0.3) is 0 Å². The first kappa shape index (κ1) is 9.21. The number of halogens is 1. The zero-order valence-electron chi connectivity index (χ0n) is 8.28. The van der Waals surface area contributed by atoms with Crippen molar-refractivity contribution in [1.82, 2.24) is 9.61 Å². The summed E-state index contributed by atoms with van der Waals surface area (Å²) in [6.07, 6.45) is 5.75. The second-order valence-electron chi connectivity index (χ2n) is 4.10. The number of hydrogen-bond donors (Lipinski definition) is 1. The maximum absolute atomic E-state index is 5.97. The van der Waals surface area contributed by atoms with Gasteiger partial charge >= 0.3 is 0 Å². The molecule has 2 heterocycles. The third-order valence-corrected chi connectivity index (χ3v) is 3.67. The van der Waals surface area contributed by atoms with E-state index in [4.69, 9.17) is 5.73 Å². The molecule has 2 N–H and O–H groups in total. The lowest BCUT2D eigenvalue weighted by Crippen LogP contribution is -2.10. The van der Waals surface area contributed by atoms with Gasteiger partial charge in [-0.1, -0.05) is 22.4 Å². The largest absolute Gasteiger partial charge is 0.382 e. The number of fused-ring (bicyclic) bond motifs is 1. The van der Waals surface area contributed by atoms with E-state index >= 15 is 0 Å². The Hall–Kier alpha value is -1.03. The first-order valence-corrected chi connectivity index (χ1v) is 5.98. The summed E-state index contributed by atoms with van der Waals surface area (Å²) < 4.78 is 2.95. The Labute approximate surface area is 96.4 Å². The molecule has 1 saturated carbocycles. The SMILES string of the molecule is Nc1nn2ccc(Br)cc2c1C1CCC1. The van der Waals surface area contributed by atoms with Crippen molar-refractivity contribution in [2.75, 3.05) is 5.73 Å². The Kier molecular flexibility index (Phi) is 1.99. The fraction of sp³-hybridized carbons (Fsp3) is 0.364. The van der Waals surface area contributed by atoms with Crippen molar-refractivity contribution in [3.05, 3.63) is 28.4 Å². The lowest BCUT2D eigenvalue weighted by molar-refractivity contribution is 0.423. The molecule has 78 valence electrons. The first-order chi connectivity index (χ1) is 7.25. The summed E-state index contributed by atoms with van der Waals surface area (Å²) in [6.45, 7) is 0. The van der Waals surface area contributed by atoms with Crippen LogP contribution in [-0.4, -0.2) is 9.61 Å². The molecule has 3 rings (SSSR count). The number of anilines is 1. The Balaban J connectivity index is 2.25. The predicted octanol–water partition coefficient (Wildman–Crippen LogP) is 2.95. The van der Waals surface area contributed by atoms with Crippen LogP contribution in [0.4, 0.5) is 5.82 Å². The summed E-state index contributed by atoms with van der Waals surface area (Å²) in [5.41, 5.74) is 8.35. The van der Waals surface area contributed by atoms with Crippen LogP contribution in [0.1, 0.15) is 30.7 Å². The van der Waals surface area contributed by atoms with E-state index in [9.17, 15) is 0 Å². The molecule has 0 radical (unpaired) electrons. The third kappa shape index (κ3) is 1.35. The van der Waals surface area contributed by atoms with Crippen LogP contribution >= 0.6 is 15.9 Å². The number of rotatable bonds is 1. The molecular weight excluding hydrogens is 254 g/mol. The number of nitrogens with zero attached hydrogens (tertiary/aromatic N) is 2. The molecule has 15 heavy (non-hydrogen) atoms. The second-order valence-corrected chi connectivity index (χ2v) is 5.02. The Morgan fingerprint density at radius 1 is 1.47 bits per heavy atom. The lowest BCUT2D eigenvalue weighted by Gasteiger charge is -2.25. The van der Waals surface area contributed by atoms with Gasteiger partial charge in [-0.3, -0.25) is 0 Å². The van der Waals surface area contributed by atoms with Gasteiger partial charge in [0.2, 0.25) is 0 Å². The molecule has 0 aliphatic heterocycles. The molecule has 1 aliphatic rings. The fourth-order valence-electron chi connectivity index (χ4n) is 2.17. The Bertz CT molecular complexity index is 514. The van der Waals surface area contributed by atoms with Crippen LogP contribution in [-0.2, 0) is 0 Å². The van der Waals surface area contributed by atoms with Crippen molar-refractivity contribution in [3.8, 4) is 0 Å². The molecule has 4 heteroatoms. The van der Waals surface area contributed by atoms with Gasteiger partial charge in [0.05, 0.1) is 5.52 Å². The van der Waals surface area contributed by atoms with Gasteiger partial charge in [-0.25, -0.2) is 4.52 Å². The Morgan fingerprint density at radius 3 is 2.93 bits per heavy atom. The van der Waals surface area contributed by atoms with Crippen molar-refractivity contribution in [2.24, 2.45) is 0 Å². The maximum atomic E-state index is 5.97. The van der Waals surface area contributed by atoms with E-state index in [0.29, 0.717) is 11.7 Å². The molecule has 0 atom stereocenters. The van der Waals surface area contributed by atoms with E-state index in [1.54, 1.807) is 0 Å². The van der Waals surface area contributed by atoms with Gasteiger partial charge in [0.1, 0.15) is 5.82 Å². The zero-order valence-corrected chi connectivity index (χ0v) is 9.87. The normalized spacial score (nSPS) is 16.9. The summed E-state index contributed by atoms with van der Waals surface area (Å²) >= 11 is 3.48. The van der Waals surface area contributed by atoms with Gasteiger partial charge in [-0.2, -0.15) is 5.10 Å². The summed E-state index contributed by atoms with van der Waals surface area (Å²) in [6, 6.07) is 4.07. The number of hydrogen-bond acceptors (Lipinski definition) is 2. The molecule has 2 aromatic rings. The van der Waals surface area contributed by atoms with E-state index in [1.165, 1.54) is 24.8 Å². The fourth-order valence-corrected chi connectivity index (χ4v) is 2.51. The molecule has 0 unspecified atom stereocenters. The zero-order chi connectivity index (χ0) is 10.4. The molecule has 0 amide bonds. The molecule has 0 saturated heterocycles. The molecule has 1 aliphatic carbocycles. The molecule has 1 fully saturated rings. The standard InChI is InChI=1S/C11H12BrN3/c12-8-4-5-15-9(6-8)10(11(13)14-15)7-2-1-3-7/h4-7H,1-3H2,(H2,13,14). The van der Waals surface area contributed by atoms with Crippen LogP contribution in [0.2, 0.25) is 0 Å². The van der Waals surface area contributed by atoms with E-state index in [2.05, 4.69) is 27.1 Å². The van der Waals surface area contributed by atoms with Gasteiger partial charge in [-0.15, -0.1) is 0 Å².